The van der Waals surface area contributed by atoms with E-state index >= 15 is 0 Å². The maximum atomic E-state index is 6.24. The van der Waals surface area contributed by atoms with Crippen LogP contribution in [0.3, 0.4) is 0 Å². The molecule has 0 heterocycles. The normalized spacial score (nSPS) is 27.6. The van der Waals surface area contributed by atoms with Gasteiger partial charge in [-0.3, -0.25) is 0 Å². The van der Waals surface area contributed by atoms with Gasteiger partial charge >= 0.3 is 0 Å². The van der Waals surface area contributed by atoms with Crippen LogP contribution in [0.5, 0.6) is 0 Å². The van der Waals surface area contributed by atoms with E-state index in [9.17, 15) is 0 Å². The Morgan fingerprint density at radius 3 is 2.73 bits per heavy atom. The van der Waals surface area contributed by atoms with Crippen molar-refractivity contribution < 1.29 is 4.74 Å². The minimum atomic E-state index is 0.229. The smallest absolute Gasteiger partial charge is 0.0620 e. The summed E-state index contributed by atoms with van der Waals surface area (Å²) in [5, 5.41) is 0. The van der Waals surface area contributed by atoms with Crippen LogP contribution in [0.4, 0.5) is 0 Å². The molecule has 0 saturated heterocycles. The molecule has 2 atom stereocenters. The minimum Gasteiger partial charge on any atom is -0.380 e. The van der Waals surface area contributed by atoms with Gasteiger partial charge in [0.25, 0.3) is 0 Å². The average Bonchev–Trinajstić information content (AvgIpc) is 2.17. The monoisotopic (exact) mass is 213 g/mol. The van der Waals surface area contributed by atoms with Gasteiger partial charge in [-0.15, -0.1) is 0 Å². The lowest BCUT2D eigenvalue weighted by atomic mass is 9.66. The van der Waals surface area contributed by atoms with Gasteiger partial charge in [-0.2, -0.15) is 0 Å². The topological polar surface area (TPSA) is 35.2 Å². The Labute approximate surface area is 94.6 Å². The van der Waals surface area contributed by atoms with Crippen LogP contribution in [0.2, 0.25) is 0 Å². The fourth-order valence-electron chi connectivity index (χ4n) is 2.79. The molecule has 2 heteroatoms. The highest BCUT2D eigenvalue weighted by Crippen LogP contribution is 2.41. The second-order valence-corrected chi connectivity index (χ2v) is 5.58. The number of hydrogen-bond acceptors (Lipinski definition) is 2. The maximum Gasteiger partial charge on any atom is 0.0620 e. The van der Waals surface area contributed by atoms with Gasteiger partial charge in [0, 0.05) is 12.6 Å². The van der Waals surface area contributed by atoms with E-state index in [4.69, 9.17) is 10.5 Å². The summed E-state index contributed by atoms with van der Waals surface area (Å²) in [5.41, 5.74) is 6.65. The summed E-state index contributed by atoms with van der Waals surface area (Å²) in [5.74, 6) is 0.642. The van der Waals surface area contributed by atoms with Crippen LogP contribution < -0.4 is 5.73 Å². The second-order valence-electron chi connectivity index (χ2n) is 5.58. The predicted molar refractivity (Wildman–Crippen MR) is 64.8 cm³/mol. The van der Waals surface area contributed by atoms with Gasteiger partial charge in [-0.1, -0.05) is 33.6 Å². The van der Waals surface area contributed by atoms with Crippen LogP contribution in [0.25, 0.3) is 0 Å². The quantitative estimate of drug-likeness (QED) is 0.713. The molecule has 15 heavy (non-hydrogen) atoms. The molecule has 0 aromatic heterocycles. The van der Waals surface area contributed by atoms with Crippen molar-refractivity contribution in [2.24, 2.45) is 17.1 Å². The molecule has 2 unspecified atom stereocenters. The highest BCUT2D eigenvalue weighted by molar-refractivity contribution is 4.88. The Kier molecular flexibility index (Phi) is 5.07. The van der Waals surface area contributed by atoms with Gasteiger partial charge in [0.2, 0.25) is 0 Å². The molecule has 1 fully saturated rings. The van der Waals surface area contributed by atoms with Crippen LogP contribution in [0, 0.1) is 11.3 Å². The first-order valence-electron chi connectivity index (χ1n) is 6.41. The Bertz CT molecular complexity index is 179. The third-order valence-corrected chi connectivity index (χ3v) is 3.77. The Balaban J connectivity index is 2.38. The highest BCUT2D eigenvalue weighted by Gasteiger charge is 2.35. The summed E-state index contributed by atoms with van der Waals surface area (Å²) < 4.78 is 5.57. The van der Waals surface area contributed by atoms with Crippen molar-refractivity contribution in [2.45, 2.75) is 58.9 Å². The maximum absolute atomic E-state index is 6.24. The van der Waals surface area contributed by atoms with Gasteiger partial charge in [0.1, 0.15) is 0 Å². The molecular formula is C13H27NO. The molecule has 0 aromatic rings. The van der Waals surface area contributed by atoms with E-state index in [0.29, 0.717) is 11.3 Å². The first-order chi connectivity index (χ1) is 7.08. The van der Waals surface area contributed by atoms with Crippen molar-refractivity contribution in [1.29, 1.82) is 0 Å². The van der Waals surface area contributed by atoms with E-state index < -0.39 is 0 Å². The third kappa shape index (κ3) is 3.76. The first kappa shape index (κ1) is 13.0. The number of ether oxygens (including phenoxy) is 1. The van der Waals surface area contributed by atoms with Crippen LogP contribution >= 0.6 is 0 Å². The lowest BCUT2D eigenvalue weighted by Crippen LogP contribution is -2.44. The van der Waals surface area contributed by atoms with E-state index in [1.54, 1.807) is 0 Å². The average molecular weight is 213 g/mol. The van der Waals surface area contributed by atoms with Crippen LogP contribution in [0.15, 0.2) is 0 Å². The summed E-state index contributed by atoms with van der Waals surface area (Å²) in [6, 6.07) is 0.229. The Morgan fingerprint density at radius 2 is 2.13 bits per heavy atom. The number of hydrogen-bond donors (Lipinski definition) is 1. The molecule has 0 bridgehead atoms. The summed E-state index contributed by atoms with van der Waals surface area (Å²) in [7, 11) is 0. The number of rotatable bonds is 5. The Hall–Kier alpha value is -0.0800. The SMILES string of the molecule is CCCOCC(N)C1CCCCC1(C)C. The molecule has 1 aliphatic rings. The van der Waals surface area contributed by atoms with E-state index in [1.165, 1.54) is 25.7 Å². The van der Waals surface area contributed by atoms with E-state index in [0.717, 1.165) is 19.6 Å². The molecule has 1 aliphatic carbocycles. The van der Waals surface area contributed by atoms with E-state index in [-0.39, 0.29) is 6.04 Å². The lowest BCUT2D eigenvalue weighted by molar-refractivity contribution is 0.0506. The molecule has 90 valence electrons. The van der Waals surface area contributed by atoms with Gasteiger partial charge < -0.3 is 10.5 Å². The fourth-order valence-corrected chi connectivity index (χ4v) is 2.79. The highest BCUT2D eigenvalue weighted by atomic mass is 16.5. The van der Waals surface area contributed by atoms with E-state index in [1.807, 2.05) is 0 Å². The van der Waals surface area contributed by atoms with Crippen molar-refractivity contribution in [3.05, 3.63) is 0 Å². The molecule has 0 spiro atoms. The molecule has 0 aliphatic heterocycles. The van der Waals surface area contributed by atoms with Crippen molar-refractivity contribution in [2.75, 3.05) is 13.2 Å². The Morgan fingerprint density at radius 1 is 1.40 bits per heavy atom. The van der Waals surface area contributed by atoms with Crippen LogP contribution in [-0.4, -0.2) is 19.3 Å². The van der Waals surface area contributed by atoms with Crippen molar-refractivity contribution >= 4 is 0 Å². The zero-order valence-electron chi connectivity index (χ0n) is 10.6. The molecule has 0 amide bonds. The zero-order chi connectivity index (χ0) is 11.3. The summed E-state index contributed by atoms with van der Waals surface area (Å²) in [6.45, 7) is 8.44. The van der Waals surface area contributed by atoms with E-state index in [2.05, 4.69) is 20.8 Å². The standard InChI is InChI=1S/C13H27NO/c1-4-9-15-10-12(14)11-7-5-6-8-13(11,2)3/h11-12H,4-10,14H2,1-3H3. The number of nitrogens with two attached hydrogens (primary N) is 1. The van der Waals surface area contributed by atoms with Gasteiger partial charge in [-0.05, 0) is 30.6 Å². The molecule has 2 N–H and O–H groups in total. The second kappa shape index (κ2) is 5.86. The third-order valence-electron chi connectivity index (χ3n) is 3.77. The van der Waals surface area contributed by atoms with Crippen LogP contribution in [0.1, 0.15) is 52.9 Å². The first-order valence-corrected chi connectivity index (χ1v) is 6.41. The van der Waals surface area contributed by atoms with Crippen molar-refractivity contribution in [1.82, 2.24) is 0 Å². The molecule has 1 rings (SSSR count). The minimum absolute atomic E-state index is 0.229. The predicted octanol–water partition coefficient (Wildman–Crippen LogP) is 2.96. The molecule has 0 radical (unpaired) electrons. The van der Waals surface area contributed by atoms with Gasteiger partial charge in [0.05, 0.1) is 6.61 Å². The van der Waals surface area contributed by atoms with Crippen LogP contribution in [-0.2, 0) is 4.74 Å². The molecule has 0 aromatic carbocycles. The molecule has 1 saturated carbocycles. The zero-order valence-corrected chi connectivity index (χ0v) is 10.6. The molecular weight excluding hydrogens is 186 g/mol. The summed E-state index contributed by atoms with van der Waals surface area (Å²) >= 11 is 0. The summed E-state index contributed by atoms with van der Waals surface area (Å²) in [4.78, 5) is 0. The van der Waals surface area contributed by atoms with Crippen molar-refractivity contribution in [3.8, 4) is 0 Å². The van der Waals surface area contributed by atoms with Crippen molar-refractivity contribution in [3.63, 3.8) is 0 Å². The molecule has 2 nitrogen and oxygen atoms in total. The van der Waals surface area contributed by atoms with Gasteiger partial charge in [0.15, 0.2) is 0 Å². The summed E-state index contributed by atoms with van der Waals surface area (Å²) in [6.07, 6.45) is 6.39. The lowest BCUT2D eigenvalue weighted by Gasteiger charge is -2.41. The van der Waals surface area contributed by atoms with Gasteiger partial charge in [-0.25, -0.2) is 0 Å². The fraction of sp³-hybridized carbons (Fsp3) is 1.00. The largest absolute Gasteiger partial charge is 0.380 e.